The Kier molecular flexibility index (Phi) is 9.70. The van der Waals surface area contributed by atoms with Crippen molar-refractivity contribution in [2.75, 3.05) is 13.7 Å². The molecular weight excluding hydrogens is 480 g/mol. The van der Waals surface area contributed by atoms with E-state index in [0.717, 1.165) is 11.1 Å². The molecule has 0 radical (unpaired) electrons. The maximum absolute atomic E-state index is 11.1. The first kappa shape index (κ1) is 27.3. The van der Waals surface area contributed by atoms with Gasteiger partial charge >= 0.3 is 0 Å². The van der Waals surface area contributed by atoms with E-state index in [1.807, 2.05) is 54.6 Å². The summed E-state index contributed by atoms with van der Waals surface area (Å²) >= 11 is 0. The van der Waals surface area contributed by atoms with Gasteiger partial charge in [-0.05, 0) is 35.4 Å². The first-order valence-electron chi connectivity index (χ1n) is 12.2. The predicted molar refractivity (Wildman–Crippen MR) is 133 cm³/mol. The average molecular weight is 515 g/mol. The van der Waals surface area contributed by atoms with E-state index in [4.69, 9.17) is 23.4 Å². The third kappa shape index (κ3) is 6.97. The molecule has 0 bridgehead atoms. The molecule has 2 heterocycles. The Labute approximate surface area is 215 Å². The van der Waals surface area contributed by atoms with Crippen molar-refractivity contribution in [3.63, 3.8) is 0 Å². The van der Waals surface area contributed by atoms with Crippen molar-refractivity contribution in [1.82, 2.24) is 0 Å². The molecule has 7 atom stereocenters. The van der Waals surface area contributed by atoms with Gasteiger partial charge in [0, 0.05) is 6.42 Å². The van der Waals surface area contributed by atoms with Crippen LogP contribution in [-0.4, -0.2) is 70.8 Å². The van der Waals surface area contributed by atoms with Gasteiger partial charge in [-0.2, -0.15) is 0 Å². The summed E-state index contributed by atoms with van der Waals surface area (Å²) in [6.45, 7) is -0.0318. The molecule has 1 aliphatic rings. The highest BCUT2D eigenvalue weighted by Gasteiger charge is 2.51. The van der Waals surface area contributed by atoms with Gasteiger partial charge < -0.3 is 43.8 Å². The molecule has 1 aliphatic heterocycles. The van der Waals surface area contributed by atoms with Crippen molar-refractivity contribution < 1.29 is 43.8 Å². The lowest BCUT2D eigenvalue weighted by atomic mass is 9.97. The van der Waals surface area contributed by atoms with Gasteiger partial charge in [0.2, 0.25) is 0 Å². The van der Waals surface area contributed by atoms with Crippen LogP contribution in [0.2, 0.25) is 0 Å². The summed E-state index contributed by atoms with van der Waals surface area (Å²) in [5, 5.41) is 41.6. The minimum Gasteiger partial charge on any atom is -0.497 e. The number of hydrogen-bond acceptors (Lipinski definition) is 9. The van der Waals surface area contributed by atoms with Crippen LogP contribution < -0.4 is 4.74 Å². The first-order chi connectivity index (χ1) is 18.0. The molecule has 1 aromatic heterocycles. The van der Waals surface area contributed by atoms with E-state index in [9.17, 15) is 20.4 Å². The minimum atomic E-state index is -1.41. The molecule has 0 amide bonds. The highest BCUT2D eigenvalue weighted by Crippen LogP contribution is 2.36. The lowest BCUT2D eigenvalue weighted by Crippen LogP contribution is -2.44. The molecule has 4 N–H and O–H groups in total. The van der Waals surface area contributed by atoms with Gasteiger partial charge in [-0.25, -0.2) is 0 Å². The molecule has 0 saturated carbocycles. The molecule has 37 heavy (non-hydrogen) atoms. The number of aliphatic hydroxyl groups excluding tert-OH is 4. The van der Waals surface area contributed by atoms with Crippen LogP contribution in [-0.2, 0) is 27.4 Å². The number of benzene rings is 2. The number of hydrogen-bond donors (Lipinski definition) is 4. The van der Waals surface area contributed by atoms with Gasteiger partial charge in [-0.3, -0.25) is 0 Å². The van der Waals surface area contributed by atoms with E-state index >= 15 is 0 Å². The number of ether oxygens (including phenoxy) is 4. The SMILES string of the molecule is COc1ccc(CO[C@@H]2[C@@H](OCc3ccccc3)[C@@H](C[C@@H](O)CO)O[C@H]2[C@H](O)[C@@H](O)c2ccco2)cc1. The summed E-state index contributed by atoms with van der Waals surface area (Å²) < 4.78 is 29.2. The second-order valence-electron chi connectivity index (χ2n) is 9.05. The fourth-order valence-electron chi connectivity index (χ4n) is 4.44. The van der Waals surface area contributed by atoms with E-state index in [2.05, 4.69) is 0 Å². The fraction of sp³-hybridized carbons (Fsp3) is 0.429. The van der Waals surface area contributed by atoms with Gasteiger partial charge in [0.1, 0.15) is 42.0 Å². The Morgan fingerprint density at radius 2 is 1.51 bits per heavy atom. The summed E-state index contributed by atoms with van der Waals surface area (Å²) in [5.41, 5.74) is 1.79. The normalized spacial score (nSPS) is 24.0. The van der Waals surface area contributed by atoms with Crippen LogP contribution in [0.3, 0.4) is 0 Å². The third-order valence-corrected chi connectivity index (χ3v) is 6.44. The van der Waals surface area contributed by atoms with Gasteiger partial charge in [0.25, 0.3) is 0 Å². The predicted octanol–water partition coefficient (Wildman–Crippen LogP) is 2.36. The number of rotatable bonds is 13. The van der Waals surface area contributed by atoms with Crippen LogP contribution in [0.5, 0.6) is 5.75 Å². The summed E-state index contributed by atoms with van der Waals surface area (Å²) in [6, 6.07) is 20.1. The molecular formula is C28H34O9. The van der Waals surface area contributed by atoms with Gasteiger partial charge in [-0.1, -0.05) is 42.5 Å². The Morgan fingerprint density at radius 1 is 0.838 bits per heavy atom. The van der Waals surface area contributed by atoms with Crippen molar-refractivity contribution in [2.45, 2.75) is 62.4 Å². The minimum absolute atomic E-state index is 0.0540. The largest absolute Gasteiger partial charge is 0.497 e. The lowest BCUT2D eigenvalue weighted by molar-refractivity contribution is -0.132. The van der Waals surface area contributed by atoms with Crippen LogP contribution in [0, 0.1) is 0 Å². The zero-order chi connectivity index (χ0) is 26.2. The van der Waals surface area contributed by atoms with Crippen LogP contribution in [0.4, 0.5) is 0 Å². The standard InChI is InChI=1S/C28H34O9/c1-33-21-11-9-19(10-12-21)17-36-28-26(35-16-18-6-3-2-4-7-18)23(14-20(30)15-29)37-27(28)25(32)24(31)22-8-5-13-34-22/h2-13,20,23-32H,14-17H2,1H3/t20-,23-,24+,25-,26+,27+,28-/m1/s1. The Bertz CT molecular complexity index is 1040. The van der Waals surface area contributed by atoms with E-state index < -0.39 is 49.3 Å². The van der Waals surface area contributed by atoms with Crippen LogP contribution in [0.25, 0.3) is 0 Å². The first-order valence-corrected chi connectivity index (χ1v) is 12.2. The van der Waals surface area contributed by atoms with Crippen molar-refractivity contribution in [2.24, 2.45) is 0 Å². The van der Waals surface area contributed by atoms with Crippen LogP contribution >= 0.6 is 0 Å². The number of methoxy groups -OCH3 is 1. The second-order valence-corrected chi connectivity index (χ2v) is 9.05. The van der Waals surface area contributed by atoms with Crippen LogP contribution in [0.1, 0.15) is 29.4 Å². The fourth-order valence-corrected chi connectivity index (χ4v) is 4.44. The van der Waals surface area contributed by atoms with Gasteiger partial charge in [0.15, 0.2) is 0 Å². The number of furan rings is 1. The highest BCUT2D eigenvalue weighted by atomic mass is 16.6. The summed E-state index contributed by atoms with van der Waals surface area (Å²) in [4.78, 5) is 0. The van der Waals surface area contributed by atoms with E-state index in [-0.39, 0.29) is 25.4 Å². The van der Waals surface area contributed by atoms with Crippen molar-refractivity contribution >= 4 is 0 Å². The number of aliphatic hydroxyl groups is 4. The van der Waals surface area contributed by atoms with E-state index in [1.54, 1.807) is 19.2 Å². The van der Waals surface area contributed by atoms with E-state index in [0.29, 0.717) is 5.75 Å². The zero-order valence-electron chi connectivity index (χ0n) is 20.6. The summed E-state index contributed by atoms with van der Waals surface area (Å²) in [6.07, 6.45) is -5.60. The molecule has 4 rings (SSSR count). The molecule has 9 nitrogen and oxygen atoms in total. The smallest absolute Gasteiger partial charge is 0.140 e. The summed E-state index contributed by atoms with van der Waals surface area (Å²) in [7, 11) is 1.59. The monoisotopic (exact) mass is 514 g/mol. The highest BCUT2D eigenvalue weighted by molar-refractivity contribution is 5.26. The molecule has 3 aromatic rings. The Balaban J connectivity index is 1.58. The molecule has 2 aromatic carbocycles. The van der Waals surface area contributed by atoms with Gasteiger partial charge in [-0.15, -0.1) is 0 Å². The van der Waals surface area contributed by atoms with Crippen LogP contribution in [0.15, 0.2) is 77.4 Å². The van der Waals surface area contributed by atoms with Crippen molar-refractivity contribution in [3.8, 4) is 5.75 Å². The second kappa shape index (κ2) is 13.2. The zero-order valence-corrected chi connectivity index (χ0v) is 20.6. The molecule has 0 spiro atoms. The molecule has 200 valence electrons. The quantitative estimate of drug-likeness (QED) is 0.271. The Morgan fingerprint density at radius 3 is 2.14 bits per heavy atom. The van der Waals surface area contributed by atoms with Crippen molar-refractivity contribution in [3.05, 3.63) is 89.9 Å². The lowest BCUT2D eigenvalue weighted by Gasteiger charge is -2.28. The van der Waals surface area contributed by atoms with Gasteiger partial charge in [0.05, 0.1) is 45.4 Å². The topological polar surface area (TPSA) is 131 Å². The molecule has 1 saturated heterocycles. The van der Waals surface area contributed by atoms with Crippen molar-refractivity contribution in [1.29, 1.82) is 0 Å². The van der Waals surface area contributed by atoms with E-state index in [1.165, 1.54) is 6.26 Å². The molecule has 1 fully saturated rings. The third-order valence-electron chi connectivity index (χ3n) is 6.44. The molecule has 0 aliphatic carbocycles. The Hall–Kier alpha value is -2.76. The maximum Gasteiger partial charge on any atom is 0.140 e. The molecule has 0 unspecified atom stereocenters. The summed E-state index contributed by atoms with van der Waals surface area (Å²) in [5.74, 6) is 0.899. The molecule has 9 heteroatoms. The maximum atomic E-state index is 11.1. The average Bonchev–Trinajstić information content (AvgIpc) is 3.59.